The van der Waals surface area contributed by atoms with Crippen LogP contribution in [0.4, 0.5) is 13.2 Å². The van der Waals surface area contributed by atoms with Crippen LogP contribution in [0.15, 0.2) is 12.1 Å². The van der Waals surface area contributed by atoms with E-state index in [4.69, 9.17) is 0 Å². The normalized spacial score (nSPS) is 29.7. The topological polar surface area (TPSA) is 20.3 Å². The highest BCUT2D eigenvalue weighted by Crippen LogP contribution is 2.39. The van der Waals surface area contributed by atoms with E-state index in [0.717, 1.165) is 12.8 Å². The number of carbonyl (C=O) groups is 1. The molecular weight excluding hydrogens is 267 g/mol. The van der Waals surface area contributed by atoms with Crippen LogP contribution >= 0.6 is 0 Å². The van der Waals surface area contributed by atoms with Crippen molar-refractivity contribution in [2.45, 2.75) is 37.8 Å². The molecule has 3 rings (SSSR count). The number of hydrogen-bond acceptors (Lipinski definition) is 2. The smallest absolute Gasteiger partial charge is 0.171 e. The minimum Gasteiger partial charge on any atom is -0.300 e. The maximum absolute atomic E-state index is 13.7. The fraction of sp³-hybridized carbons (Fsp3) is 0.533. The van der Waals surface area contributed by atoms with Crippen molar-refractivity contribution < 1.29 is 18.0 Å². The molecule has 2 fully saturated rings. The lowest BCUT2D eigenvalue weighted by atomic mass is 9.84. The molecule has 2 aliphatic heterocycles. The predicted octanol–water partition coefficient (Wildman–Crippen LogP) is 3.16. The van der Waals surface area contributed by atoms with Gasteiger partial charge in [0, 0.05) is 30.1 Å². The summed E-state index contributed by atoms with van der Waals surface area (Å²) >= 11 is 0. The molecule has 1 aromatic rings. The first-order chi connectivity index (χ1) is 9.47. The van der Waals surface area contributed by atoms with Crippen molar-refractivity contribution in [2.24, 2.45) is 5.92 Å². The SMILES string of the molecule is CN1C2CCC1CC(C(=O)c1c(F)cc(F)cc1F)C2. The summed E-state index contributed by atoms with van der Waals surface area (Å²) in [5.74, 6) is -4.08. The van der Waals surface area contributed by atoms with E-state index < -0.39 is 28.8 Å². The number of carbonyl (C=O) groups excluding carboxylic acids is 1. The molecule has 2 atom stereocenters. The third kappa shape index (κ3) is 2.14. The molecule has 2 saturated heterocycles. The van der Waals surface area contributed by atoms with Crippen molar-refractivity contribution >= 4 is 5.78 Å². The highest BCUT2D eigenvalue weighted by molar-refractivity contribution is 5.98. The zero-order valence-electron chi connectivity index (χ0n) is 11.2. The van der Waals surface area contributed by atoms with E-state index in [9.17, 15) is 18.0 Å². The number of ketones is 1. The third-order valence-corrected chi connectivity index (χ3v) is 4.72. The molecule has 2 heterocycles. The lowest BCUT2D eigenvalue weighted by Gasteiger charge is -2.35. The standard InChI is InChI=1S/C15H16F3NO/c1-19-10-2-3-11(19)5-8(4-10)15(20)14-12(17)6-9(16)7-13(14)18/h6-8,10-11H,2-5H2,1H3. The number of nitrogens with zero attached hydrogens (tertiary/aromatic N) is 1. The average Bonchev–Trinajstić information content (AvgIpc) is 2.61. The Morgan fingerprint density at radius 1 is 1.10 bits per heavy atom. The van der Waals surface area contributed by atoms with Crippen molar-refractivity contribution in [1.29, 1.82) is 0 Å². The van der Waals surface area contributed by atoms with Gasteiger partial charge < -0.3 is 4.90 Å². The lowest BCUT2D eigenvalue weighted by molar-refractivity contribution is 0.0758. The first kappa shape index (κ1) is 13.6. The van der Waals surface area contributed by atoms with Crippen LogP contribution in [0, 0.1) is 23.4 Å². The van der Waals surface area contributed by atoms with Crippen LogP contribution in [0.3, 0.4) is 0 Å². The van der Waals surface area contributed by atoms with Crippen LogP contribution in [0.2, 0.25) is 0 Å². The van der Waals surface area contributed by atoms with E-state index in [0.29, 0.717) is 37.1 Å². The molecule has 1 aromatic carbocycles. The molecule has 2 nitrogen and oxygen atoms in total. The van der Waals surface area contributed by atoms with Crippen molar-refractivity contribution in [3.05, 3.63) is 35.1 Å². The number of piperidine rings is 1. The third-order valence-electron chi connectivity index (χ3n) is 4.72. The fourth-order valence-corrected chi connectivity index (χ4v) is 3.61. The largest absolute Gasteiger partial charge is 0.300 e. The second-order valence-electron chi connectivity index (χ2n) is 5.83. The van der Waals surface area contributed by atoms with Gasteiger partial charge in [-0.1, -0.05) is 0 Å². The average molecular weight is 283 g/mol. The number of fused-ring (bicyclic) bond motifs is 2. The molecular formula is C15H16F3NO. The molecule has 20 heavy (non-hydrogen) atoms. The van der Waals surface area contributed by atoms with Crippen LogP contribution in [-0.4, -0.2) is 29.8 Å². The van der Waals surface area contributed by atoms with Gasteiger partial charge in [0.25, 0.3) is 0 Å². The first-order valence-corrected chi connectivity index (χ1v) is 6.88. The zero-order valence-corrected chi connectivity index (χ0v) is 11.2. The van der Waals surface area contributed by atoms with Crippen molar-refractivity contribution in [1.82, 2.24) is 4.90 Å². The summed E-state index contributed by atoms with van der Waals surface area (Å²) < 4.78 is 40.3. The quantitative estimate of drug-likeness (QED) is 0.777. The molecule has 2 unspecified atom stereocenters. The lowest BCUT2D eigenvalue weighted by Crippen LogP contribution is -2.42. The van der Waals surface area contributed by atoms with Gasteiger partial charge in [-0.05, 0) is 32.7 Å². The second-order valence-corrected chi connectivity index (χ2v) is 5.83. The Labute approximate surface area is 115 Å². The van der Waals surface area contributed by atoms with Gasteiger partial charge in [0.1, 0.15) is 17.5 Å². The van der Waals surface area contributed by atoms with E-state index in [-0.39, 0.29) is 5.92 Å². The second kappa shape index (κ2) is 4.88. The van der Waals surface area contributed by atoms with Gasteiger partial charge in [-0.25, -0.2) is 13.2 Å². The summed E-state index contributed by atoms with van der Waals surface area (Å²) in [4.78, 5) is 14.6. The highest BCUT2D eigenvalue weighted by Gasteiger charge is 2.41. The molecule has 2 aliphatic rings. The number of Topliss-reactive ketones (excluding diaryl/α,β-unsaturated/α-hetero) is 1. The summed E-state index contributed by atoms with van der Waals surface area (Å²) in [7, 11) is 2.03. The van der Waals surface area contributed by atoms with Gasteiger partial charge in [-0.3, -0.25) is 4.79 Å². The van der Waals surface area contributed by atoms with Gasteiger partial charge >= 0.3 is 0 Å². The van der Waals surface area contributed by atoms with Crippen molar-refractivity contribution in [2.75, 3.05) is 7.05 Å². The Balaban J connectivity index is 1.87. The maximum atomic E-state index is 13.7. The Bertz CT molecular complexity index is 523. The summed E-state index contributed by atoms with van der Waals surface area (Å²) in [6.07, 6.45) is 3.31. The fourth-order valence-electron chi connectivity index (χ4n) is 3.61. The Kier molecular flexibility index (Phi) is 3.32. The van der Waals surface area contributed by atoms with Crippen LogP contribution < -0.4 is 0 Å². The number of halogens is 3. The van der Waals surface area contributed by atoms with Gasteiger partial charge in [0.15, 0.2) is 5.78 Å². The number of benzene rings is 1. The first-order valence-electron chi connectivity index (χ1n) is 6.88. The Morgan fingerprint density at radius 2 is 1.60 bits per heavy atom. The van der Waals surface area contributed by atoms with E-state index >= 15 is 0 Å². The molecule has 0 aliphatic carbocycles. The minimum absolute atomic E-state index is 0.314. The Hall–Kier alpha value is -1.36. The Morgan fingerprint density at radius 3 is 2.10 bits per heavy atom. The molecule has 0 aromatic heterocycles. The molecule has 0 spiro atoms. The molecule has 0 N–H and O–H groups in total. The maximum Gasteiger partial charge on any atom is 0.171 e. The van der Waals surface area contributed by atoms with E-state index in [1.54, 1.807) is 0 Å². The van der Waals surface area contributed by atoms with Crippen LogP contribution in [0.1, 0.15) is 36.0 Å². The summed E-state index contributed by atoms with van der Waals surface area (Å²) in [5.41, 5.74) is -0.583. The summed E-state index contributed by atoms with van der Waals surface area (Å²) in [5, 5.41) is 0. The molecule has 0 amide bonds. The van der Waals surface area contributed by atoms with Crippen LogP contribution in [0.25, 0.3) is 0 Å². The van der Waals surface area contributed by atoms with E-state index in [1.807, 2.05) is 7.05 Å². The van der Waals surface area contributed by atoms with Crippen molar-refractivity contribution in [3.63, 3.8) is 0 Å². The van der Waals surface area contributed by atoms with Gasteiger partial charge in [0.2, 0.25) is 0 Å². The van der Waals surface area contributed by atoms with Gasteiger partial charge in [-0.2, -0.15) is 0 Å². The zero-order chi connectivity index (χ0) is 14.4. The number of rotatable bonds is 2. The van der Waals surface area contributed by atoms with E-state index in [1.165, 1.54) is 0 Å². The summed E-state index contributed by atoms with van der Waals surface area (Å²) in [6, 6.07) is 1.77. The summed E-state index contributed by atoms with van der Waals surface area (Å²) in [6.45, 7) is 0. The molecule has 2 bridgehead atoms. The van der Waals surface area contributed by atoms with Gasteiger partial charge in [0.05, 0.1) is 5.56 Å². The van der Waals surface area contributed by atoms with Crippen LogP contribution in [-0.2, 0) is 0 Å². The highest BCUT2D eigenvalue weighted by atomic mass is 19.1. The molecule has 5 heteroatoms. The van der Waals surface area contributed by atoms with Crippen LogP contribution in [0.5, 0.6) is 0 Å². The predicted molar refractivity (Wildman–Crippen MR) is 67.9 cm³/mol. The van der Waals surface area contributed by atoms with Gasteiger partial charge in [-0.15, -0.1) is 0 Å². The number of hydrogen-bond donors (Lipinski definition) is 0. The monoisotopic (exact) mass is 283 g/mol. The van der Waals surface area contributed by atoms with E-state index in [2.05, 4.69) is 4.90 Å². The molecule has 0 radical (unpaired) electrons. The van der Waals surface area contributed by atoms with Crippen molar-refractivity contribution in [3.8, 4) is 0 Å². The minimum atomic E-state index is -1.10. The molecule has 0 saturated carbocycles. The molecule has 108 valence electrons.